The molecule has 1 aliphatic heterocycles. The summed E-state index contributed by atoms with van der Waals surface area (Å²) in [4.78, 5) is 19.5. The summed E-state index contributed by atoms with van der Waals surface area (Å²) >= 11 is 2.05. The van der Waals surface area contributed by atoms with Gasteiger partial charge in [0, 0.05) is 58.5 Å². The molecule has 0 fully saturated rings. The molecule has 3 nitrogen and oxygen atoms in total. The van der Waals surface area contributed by atoms with E-state index in [2.05, 4.69) is 170 Å². The molecule has 4 aromatic rings. The Labute approximate surface area is 357 Å². The van der Waals surface area contributed by atoms with E-state index in [1.807, 2.05) is 13.8 Å². The summed E-state index contributed by atoms with van der Waals surface area (Å²) in [6.07, 6.45) is 1.50. The van der Waals surface area contributed by atoms with Crippen LogP contribution < -0.4 is 0 Å². The monoisotopic (exact) mass is 951 g/mol. The third-order valence-corrected chi connectivity index (χ3v) is 15.6. The van der Waals surface area contributed by atoms with Crippen molar-refractivity contribution in [2.24, 2.45) is 34.5 Å². The molecule has 2 unspecified atom stereocenters. The van der Waals surface area contributed by atoms with Gasteiger partial charge >= 0.3 is 0 Å². The van der Waals surface area contributed by atoms with Crippen LogP contribution >= 0.6 is 11.8 Å². The van der Waals surface area contributed by atoms with Gasteiger partial charge in [0.25, 0.3) is 0 Å². The minimum atomic E-state index is -0.442. The topological polar surface area (TPSA) is 50.2 Å². The Morgan fingerprint density at radius 1 is 0.821 bits per heavy atom. The van der Waals surface area contributed by atoms with Crippen LogP contribution in [0, 0.1) is 61.3 Å². The van der Waals surface area contributed by atoms with Gasteiger partial charge in [-0.25, -0.2) is 0 Å². The fraction of sp³-hybridized carbons (Fsp3) is 0.529. The zero-order valence-corrected chi connectivity index (χ0v) is 40.5. The van der Waals surface area contributed by atoms with Crippen LogP contribution in [-0.2, 0) is 30.3 Å². The number of rotatable bonds is 9. The number of aliphatic hydroxyl groups excluding tert-OH is 1. The van der Waals surface area contributed by atoms with Crippen LogP contribution in [0.4, 0.5) is 0 Å². The number of hydrogen-bond acceptors (Lipinski definition) is 4. The Hall–Kier alpha value is -2.72. The summed E-state index contributed by atoms with van der Waals surface area (Å²) in [5.74, 6) is 2.29. The number of pyridine rings is 1. The molecule has 1 N–H and O–H groups in total. The first-order chi connectivity index (χ1) is 25.5. The summed E-state index contributed by atoms with van der Waals surface area (Å²) in [6, 6.07) is 22.0. The molecular formula is C51H68IrNO2S-. The fourth-order valence-electron chi connectivity index (χ4n) is 9.50. The maximum atomic E-state index is 12.8. The number of aromatic nitrogens is 1. The quantitative estimate of drug-likeness (QED) is 0.103. The molecule has 3 aromatic carbocycles. The smallest absolute Gasteiger partial charge is 0.165 e. The number of allylic oxidation sites excluding steroid dienone is 2. The van der Waals surface area contributed by atoms with E-state index >= 15 is 0 Å². The van der Waals surface area contributed by atoms with Crippen molar-refractivity contribution in [3.8, 4) is 11.3 Å². The van der Waals surface area contributed by atoms with E-state index in [1.54, 1.807) is 0 Å². The van der Waals surface area contributed by atoms with Crippen LogP contribution in [0.1, 0.15) is 153 Å². The minimum Gasteiger partial charge on any atom is -0.512 e. The van der Waals surface area contributed by atoms with Gasteiger partial charge in [0.2, 0.25) is 0 Å². The van der Waals surface area contributed by atoms with Crippen LogP contribution in [0.25, 0.3) is 22.2 Å². The van der Waals surface area contributed by atoms with E-state index in [9.17, 15) is 9.90 Å². The van der Waals surface area contributed by atoms with Crippen LogP contribution in [0.15, 0.2) is 65.3 Å². The van der Waals surface area contributed by atoms with Gasteiger partial charge in [0.15, 0.2) is 5.78 Å². The predicted octanol–water partition coefficient (Wildman–Crippen LogP) is 14.6. The number of aliphatic hydroxyl groups is 1. The molecule has 2 atom stereocenters. The maximum Gasteiger partial charge on any atom is 0.165 e. The zero-order chi connectivity index (χ0) is 41.1. The summed E-state index contributed by atoms with van der Waals surface area (Å²) in [5, 5.41) is 12.4. The van der Waals surface area contributed by atoms with Crippen molar-refractivity contribution >= 4 is 28.4 Å². The van der Waals surface area contributed by atoms with E-state index in [4.69, 9.17) is 4.98 Å². The minimum absolute atomic E-state index is 0. The first kappa shape index (κ1) is 46.0. The van der Waals surface area contributed by atoms with E-state index in [0.717, 1.165) is 11.2 Å². The number of hydrogen-bond donors (Lipinski definition) is 1. The van der Waals surface area contributed by atoms with Gasteiger partial charge in [0.1, 0.15) is 5.76 Å². The molecule has 6 rings (SSSR count). The number of aryl methyl sites for hydroxylation is 3. The molecular weight excluding hydrogens is 883 g/mol. The Bertz CT molecular complexity index is 2100. The van der Waals surface area contributed by atoms with E-state index in [-0.39, 0.29) is 66.1 Å². The molecule has 1 aliphatic carbocycles. The number of ketones is 1. The van der Waals surface area contributed by atoms with Crippen LogP contribution in [0.3, 0.4) is 0 Å². The van der Waals surface area contributed by atoms with Crippen LogP contribution in [0.2, 0.25) is 0 Å². The third kappa shape index (κ3) is 7.88. The van der Waals surface area contributed by atoms with Crippen molar-refractivity contribution < 1.29 is 30.0 Å². The van der Waals surface area contributed by atoms with Crippen molar-refractivity contribution in [1.82, 2.24) is 4.98 Å². The number of fused-ring (bicyclic) bond motifs is 6. The van der Waals surface area contributed by atoms with Gasteiger partial charge in [-0.2, -0.15) is 0 Å². The number of nitrogens with zero attached hydrogens (tertiary/aromatic N) is 1. The molecule has 56 heavy (non-hydrogen) atoms. The largest absolute Gasteiger partial charge is 0.512 e. The van der Waals surface area contributed by atoms with Crippen LogP contribution in [0.5, 0.6) is 0 Å². The second-order valence-electron chi connectivity index (χ2n) is 19.3. The molecule has 2 aliphatic rings. The van der Waals surface area contributed by atoms with Crippen molar-refractivity contribution in [3.05, 3.63) is 105 Å². The summed E-state index contributed by atoms with van der Waals surface area (Å²) in [7, 11) is 0. The average molecular weight is 951 g/mol. The maximum absolute atomic E-state index is 12.8. The van der Waals surface area contributed by atoms with E-state index in [1.165, 1.54) is 60.9 Å². The molecule has 2 heterocycles. The standard InChI is InChI=1S/C32H32NS.C19H36O2.Ir/c1-17(2)21-11-12-27-24(16-21)30-31(34-27)23-10-8-9-22(29(23)32(30,6)7)25-15-20(5)28-19(4)13-18(3)14-26(28)33-25;1-12(2)18(9,13(3)4)16(20)11-17(21)19(10,14(5)6)15(7)8;/h8,10-17,30-31H,1-7H3;11-15,20H,1-10H3;/q-1;;/b;16-11-;. The summed E-state index contributed by atoms with van der Waals surface area (Å²) < 4.78 is 0. The normalized spacial score (nSPS) is 17.6. The number of benzene rings is 3. The first-order valence-electron chi connectivity index (χ1n) is 20.7. The summed E-state index contributed by atoms with van der Waals surface area (Å²) in [6.45, 7) is 36.8. The Morgan fingerprint density at radius 3 is 1.95 bits per heavy atom. The van der Waals surface area contributed by atoms with Gasteiger partial charge in [-0.3, -0.25) is 9.78 Å². The van der Waals surface area contributed by atoms with E-state index < -0.39 is 5.41 Å². The first-order valence-corrected chi connectivity index (χ1v) is 21.6. The molecule has 5 heteroatoms. The number of carbonyl (C=O) groups is 1. The summed E-state index contributed by atoms with van der Waals surface area (Å²) in [5.41, 5.74) is 12.3. The average Bonchev–Trinajstić information content (AvgIpc) is 3.59. The van der Waals surface area contributed by atoms with Gasteiger partial charge in [-0.15, -0.1) is 46.7 Å². The Kier molecular flexibility index (Phi) is 13.8. The Balaban J connectivity index is 0.000000277. The third-order valence-electron chi connectivity index (χ3n) is 14.2. The van der Waals surface area contributed by atoms with Crippen LogP contribution in [-0.4, -0.2) is 15.9 Å². The molecule has 0 bridgehead atoms. The zero-order valence-electron chi connectivity index (χ0n) is 37.3. The molecule has 1 aromatic heterocycles. The molecule has 1 radical (unpaired) electrons. The van der Waals surface area contributed by atoms with Gasteiger partial charge in [0.05, 0.1) is 5.52 Å². The molecule has 0 amide bonds. The molecule has 0 saturated heterocycles. The van der Waals surface area contributed by atoms with Gasteiger partial charge < -0.3 is 5.11 Å². The molecule has 0 spiro atoms. The predicted molar refractivity (Wildman–Crippen MR) is 236 cm³/mol. The molecule has 0 saturated carbocycles. The van der Waals surface area contributed by atoms with Gasteiger partial charge in [-0.1, -0.05) is 121 Å². The fourth-order valence-corrected chi connectivity index (χ4v) is 11.2. The Morgan fingerprint density at radius 2 is 1.39 bits per heavy atom. The number of carbonyl (C=O) groups excluding carboxylic acids is 1. The van der Waals surface area contributed by atoms with Gasteiger partial charge in [-0.05, 0) is 101 Å². The van der Waals surface area contributed by atoms with Crippen molar-refractivity contribution in [2.45, 2.75) is 145 Å². The number of thioether (sulfide) groups is 1. The van der Waals surface area contributed by atoms with Crippen molar-refractivity contribution in [1.29, 1.82) is 0 Å². The van der Waals surface area contributed by atoms with Crippen molar-refractivity contribution in [3.63, 3.8) is 0 Å². The van der Waals surface area contributed by atoms with E-state index in [0.29, 0.717) is 17.1 Å². The van der Waals surface area contributed by atoms with Crippen molar-refractivity contribution in [2.75, 3.05) is 0 Å². The molecule has 305 valence electrons. The second-order valence-corrected chi connectivity index (χ2v) is 20.4. The SMILES string of the molecule is CC(C)C(C)(C(=O)/C=C(\O)C(C)(C(C)C)C(C)C)C(C)C.Cc1cc(C)c2c(C)cc(-c3[c-]ccc4c3C(C)(C)C3c5cc(C(C)C)ccc5SC43)nc2c1.[Ir]. The second kappa shape index (κ2) is 16.9.